The molecule has 3 heterocycles. The van der Waals surface area contributed by atoms with Gasteiger partial charge in [-0.1, -0.05) is 0 Å². The van der Waals surface area contributed by atoms with Crippen LogP contribution in [0.5, 0.6) is 5.75 Å². The molecule has 3 aromatic rings. The number of ether oxygens (including phenoxy) is 1. The maximum atomic E-state index is 12.8. The van der Waals surface area contributed by atoms with Gasteiger partial charge in [0.15, 0.2) is 5.82 Å². The summed E-state index contributed by atoms with van der Waals surface area (Å²) in [5.74, 6) is 0.759. The van der Waals surface area contributed by atoms with E-state index in [2.05, 4.69) is 25.4 Å². The Morgan fingerprint density at radius 1 is 1.12 bits per heavy atom. The van der Waals surface area contributed by atoms with Crippen molar-refractivity contribution >= 4 is 23.1 Å². The number of piperidine rings is 1. The van der Waals surface area contributed by atoms with Gasteiger partial charge in [0.25, 0.3) is 5.69 Å². The van der Waals surface area contributed by atoms with Crippen molar-refractivity contribution in [3.63, 3.8) is 0 Å². The van der Waals surface area contributed by atoms with E-state index in [1.165, 1.54) is 25.3 Å². The van der Waals surface area contributed by atoms with E-state index in [0.717, 1.165) is 17.1 Å². The van der Waals surface area contributed by atoms with Gasteiger partial charge in [0.2, 0.25) is 5.91 Å². The first-order valence-electron chi connectivity index (χ1n) is 10.2. The Morgan fingerprint density at radius 3 is 2.50 bits per heavy atom. The number of anilines is 2. The highest BCUT2D eigenvalue weighted by Gasteiger charge is 2.27. The molecule has 1 aliphatic rings. The summed E-state index contributed by atoms with van der Waals surface area (Å²) >= 11 is 0. The lowest BCUT2D eigenvalue weighted by Crippen LogP contribution is -2.38. The Morgan fingerprint density at radius 2 is 1.88 bits per heavy atom. The molecule has 0 bridgehead atoms. The number of carbonyl (C=O) groups excluding carboxylic acids is 1. The third-order valence-corrected chi connectivity index (χ3v) is 5.47. The molecule has 4 rings (SSSR count). The molecule has 1 N–H and O–H groups in total. The molecule has 164 valence electrons. The number of aromatic nitrogens is 3. The number of hydrogen-bond donors (Lipinski definition) is 1. The zero-order valence-electron chi connectivity index (χ0n) is 17.5. The summed E-state index contributed by atoms with van der Waals surface area (Å²) in [7, 11) is 1.45. The third-order valence-electron chi connectivity index (χ3n) is 5.47. The van der Waals surface area contributed by atoms with Crippen LogP contribution in [0.15, 0.2) is 54.9 Å². The Balaban J connectivity index is 1.37. The molecular weight excluding hydrogens is 412 g/mol. The number of nitro benzene ring substituents is 1. The molecule has 10 heteroatoms. The van der Waals surface area contributed by atoms with Crippen LogP contribution < -0.4 is 15.0 Å². The molecule has 0 saturated carbocycles. The number of carbonyl (C=O) groups is 1. The molecule has 1 amide bonds. The van der Waals surface area contributed by atoms with E-state index in [9.17, 15) is 14.9 Å². The second-order valence-corrected chi connectivity index (χ2v) is 7.40. The Labute approximate surface area is 184 Å². The fourth-order valence-electron chi connectivity index (χ4n) is 3.68. The highest BCUT2D eigenvalue weighted by atomic mass is 16.6. The first-order valence-corrected chi connectivity index (χ1v) is 10.2. The molecule has 32 heavy (non-hydrogen) atoms. The van der Waals surface area contributed by atoms with Crippen LogP contribution in [-0.4, -0.2) is 46.2 Å². The molecule has 1 fully saturated rings. The number of amides is 1. The fraction of sp³-hybridized carbons (Fsp3) is 0.273. The minimum Gasteiger partial charge on any atom is -0.495 e. The second-order valence-electron chi connectivity index (χ2n) is 7.40. The normalized spacial score (nSPS) is 14.1. The number of nitrogens with zero attached hydrogens (tertiary/aromatic N) is 5. The van der Waals surface area contributed by atoms with Crippen LogP contribution in [0.2, 0.25) is 0 Å². The molecule has 0 unspecified atom stereocenters. The number of nitro groups is 1. The van der Waals surface area contributed by atoms with Crippen LogP contribution in [0.1, 0.15) is 12.8 Å². The molecule has 0 atom stereocenters. The van der Waals surface area contributed by atoms with Crippen LogP contribution in [0, 0.1) is 16.0 Å². The van der Waals surface area contributed by atoms with E-state index in [1.807, 2.05) is 24.3 Å². The van der Waals surface area contributed by atoms with Crippen molar-refractivity contribution < 1.29 is 14.5 Å². The van der Waals surface area contributed by atoms with Crippen molar-refractivity contribution in [1.29, 1.82) is 0 Å². The average molecular weight is 434 g/mol. The van der Waals surface area contributed by atoms with E-state index in [4.69, 9.17) is 4.74 Å². The van der Waals surface area contributed by atoms with E-state index in [0.29, 0.717) is 37.4 Å². The highest BCUT2D eigenvalue weighted by molar-refractivity contribution is 5.94. The average Bonchev–Trinajstić information content (AvgIpc) is 2.84. The zero-order valence-corrected chi connectivity index (χ0v) is 17.5. The molecule has 1 aromatic carbocycles. The summed E-state index contributed by atoms with van der Waals surface area (Å²) in [5.41, 5.74) is 1.92. The van der Waals surface area contributed by atoms with Gasteiger partial charge in [0, 0.05) is 49.1 Å². The van der Waals surface area contributed by atoms with Gasteiger partial charge in [-0.25, -0.2) is 0 Å². The van der Waals surface area contributed by atoms with Crippen LogP contribution >= 0.6 is 0 Å². The summed E-state index contributed by atoms with van der Waals surface area (Å²) in [6, 6.07) is 11.7. The topological polar surface area (TPSA) is 123 Å². The number of non-ortho nitro benzene ring substituents is 1. The summed E-state index contributed by atoms with van der Waals surface area (Å²) in [5, 5.41) is 22.5. The molecule has 1 aliphatic heterocycles. The monoisotopic (exact) mass is 434 g/mol. The number of hydrogen-bond acceptors (Lipinski definition) is 8. The molecule has 2 aromatic heterocycles. The quantitative estimate of drug-likeness (QED) is 0.463. The molecule has 0 spiro atoms. The summed E-state index contributed by atoms with van der Waals surface area (Å²) < 4.78 is 5.22. The van der Waals surface area contributed by atoms with Crippen molar-refractivity contribution in [2.45, 2.75) is 12.8 Å². The predicted molar refractivity (Wildman–Crippen MR) is 118 cm³/mol. The van der Waals surface area contributed by atoms with Gasteiger partial charge >= 0.3 is 0 Å². The van der Waals surface area contributed by atoms with Crippen LogP contribution in [0.25, 0.3) is 11.3 Å². The van der Waals surface area contributed by atoms with Crippen LogP contribution in [-0.2, 0) is 4.79 Å². The molecule has 10 nitrogen and oxygen atoms in total. The fourth-order valence-corrected chi connectivity index (χ4v) is 3.68. The standard InChI is InChI=1S/C22H22N6O4/c1-32-20-4-2-17(28(30)31)14-19(20)24-22(29)16-8-12-27(13-9-16)21-5-3-18(25-26-21)15-6-10-23-11-7-15/h2-7,10-11,14,16H,8-9,12-13H2,1H3,(H,24,29). The Kier molecular flexibility index (Phi) is 6.20. The van der Waals surface area contributed by atoms with Gasteiger partial charge in [-0.3, -0.25) is 19.9 Å². The van der Waals surface area contributed by atoms with Crippen LogP contribution in [0.4, 0.5) is 17.2 Å². The zero-order chi connectivity index (χ0) is 22.5. The Bertz CT molecular complexity index is 1100. The highest BCUT2D eigenvalue weighted by Crippen LogP contribution is 2.30. The number of rotatable bonds is 6. The van der Waals surface area contributed by atoms with Gasteiger partial charge in [-0.2, -0.15) is 0 Å². The summed E-state index contributed by atoms with van der Waals surface area (Å²) in [6.45, 7) is 1.32. The largest absolute Gasteiger partial charge is 0.495 e. The van der Waals surface area contributed by atoms with Crippen molar-refractivity contribution in [3.05, 3.63) is 65.0 Å². The van der Waals surface area contributed by atoms with Gasteiger partial charge in [-0.05, 0) is 43.2 Å². The maximum absolute atomic E-state index is 12.8. The molecule has 0 radical (unpaired) electrons. The lowest BCUT2D eigenvalue weighted by atomic mass is 9.95. The van der Waals surface area contributed by atoms with Gasteiger partial charge in [0.05, 0.1) is 23.4 Å². The van der Waals surface area contributed by atoms with E-state index in [1.54, 1.807) is 12.4 Å². The van der Waals surface area contributed by atoms with E-state index in [-0.39, 0.29) is 17.5 Å². The van der Waals surface area contributed by atoms with Gasteiger partial charge in [0.1, 0.15) is 5.75 Å². The summed E-state index contributed by atoms with van der Waals surface area (Å²) in [4.78, 5) is 29.4. The van der Waals surface area contributed by atoms with Crippen molar-refractivity contribution in [3.8, 4) is 17.0 Å². The number of nitrogens with one attached hydrogen (secondary N) is 1. The van der Waals surface area contributed by atoms with Crippen molar-refractivity contribution in [1.82, 2.24) is 15.2 Å². The minimum absolute atomic E-state index is 0.107. The second kappa shape index (κ2) is 9.38. The minimum atomic E-state index is -0.505. The van der Waals surface area contributed by atoms with Gasteiger partial charge in [-0.15, -0.1) is 10.2 Å². The lowest BCUT2D eigenvalue weighted by Gasteiger charge is -2.31. The maximum Gasteiger partial charge on any atom is 0.271 e. The van der Waals surface area contributed by atoms with Crippen molar-refractivity contribution in [2.75, 3.05) is 30.4 Å². The molecule has 1 saturated heterocycles. The van der Waals surface area contributed by atoms with Crippen molar-refractivity contribution in [2.24, 2.45) is 5.92 Å². The summed E-state index contributed by atoms with van der Waals surface area (Å²) in [6.07, 6.45) is 4.70. The first kappa shape index (κ1) is 21.2. The molecular formula is C22H22N6O4. The first-order chi connectivity index (χ1) is 15.5. The lowest BCUT2D eigenvalue weighted by molar-refractivity contribution is -0.384. The molecule has 0 aliphatic carbocycles. The van der Waals surface area contributed by atoms with Crippen LogP contribution in [0.3, 0.4) is 0 Å². The van der Waals surface area contributed by atoms with E-state index < -0.39 is 4.92 Å². The number of methoxy groups -OCH3 is 1. The number of pyridine rings is 1. The SMILES string of the molecule is COc1ccc([N+](=O)[O-])cc1NC(=O)C1CCN(c2ccc(-c3ccncc3)nn2)CC1. The smallest absolute Gasteiger partial charge is 0.271 e. The van der Waals surface area contributed by atoms with E-state index >= 15 is 0 Å². The Hall–Kier alpha value is -4.08. The predicted octanol–water partition coefficient (Wildman–Crippen LogP) is 3.31. The third kappa shape index (κ3) is 4.64. The van der Waals surface area contributed by atoms with Gasteiger partial charge < -0.3 is 15.0 Å². The number of benzene rings is 1.